The summed E-state index contributed by atoms with van der Waals surface area (Å²) in [5.41, 5.74) is 7.62. The molecule has 0 spiro atoms. The minimum atomic E-state index is -0.139. The fourth-order valence-corrected chi connectivity index (χ4v) is 1.85. The van der Waals surface area contributed by atoms with Crippen LogP contribution in [-0.2, 0) is 5.41 Å². The van der Waals surface area contributed by atoms with Crippen LogP contribution in [0.25, 0.3) is 11.1 Å². The minimum Gasteiger partial charge on any atom is -0.497 e. The maximum Gasteiger partial charge on any atom is 0.175 e. The monoisotopic (exact) mass is 246 g/mol. The Balaban J connectivity index is 2.52. The number of rotatable bonds is 2. The highest BCUT2D eigenvalue weighted by Gasteiger charge is 2.26. The van der Waals surface area contributed by atoms with E-state index in [9.17, 15) is 0 Å². The molecule has 0 atom stereocenters. The van der Waals surface area contributed by atoms with Gasteiger partial charge in [-0.3, -0.25) is 0 Å². The molecule has 2 N–H and O–H groups in total. The normalized spacial score (nSPS) is 11.6. The zero-order chi connectivity index (χ0) is 13.3. The number of ether oxygens (including phenoxy) is 1. The molecule has 0 unspecified atom stereocenters. The van der Waals surface area contributed by atoms with Gasteiger partial charge in [0.15, 0.2) is 11.6 Å². The largest absolute Gasteiger partial charge is 0.497 e. The average molecular weight is 246 g/mol. The van der Waals surface area contributed by atoms with Crippen LogP contribution in [0, 0.1) is 0 Å². The van der Waals surface area contributed by atoms with Crippen molar-refractivity contribution < 1.29 is 9.26 Å². The van der Waals surface area contributed by atoms with Crippen LogP contribution in [0.1, 0.15) is 26.5 Å². The second-order valence-corrected chi connectivity index (χ2v) is 5.25. The summed E-state index contributed by atoms with van der Waals surface area (Å²) >= 11 is 0. The van der Waals surface area contributed by atoms with Gasteiger partial charge >= 0.3 is 0 Å². The van der Waals surface area contributed by atoms with Gasteiger partial charge < -0.3 is 15.0 Å². The van der Waals surface area contributed by atoms with Crippen molar-refractivity contribution in [2.45, 2.75) is 26.2 Å². The van der Waals surface area contributed by atoms with E-state index < -0.39 is 0 Å². The second kappa shape index (κ2) is 4.37. The van der Waals surface area contributed by atoms with Crippen LogP contribution in [0.2, 0.25) is 0 Å². The summed E-state index contributed by atoms with van der Waals surface area (Å²) in [5.74, 6) is 2.03. The van der Waals surface area contributed by atoms with Crippen molar-refractivity contribution in [2.24, 2.45) is 0 Å². The van der Waals surface area contributed by atoms with Gasteiger partial charge in [-0.1, -0.05) is 38.1 Å². The SMILES string of the molecule is COc1ccc(-c2c(N)noc2C(C)(C)C)cc1. The van der Waals surface area contributed by atoms with Crippen molar-refractivity contribution in [2.75, 3.05) is 12.8 Å². The van der Waals surface area contributed by atoms with E-state index in [-0.39, 0.29) is 5.41 Å². The topological polar surface area (TPSA) is 61.3 Å². The first-order valence-electron chi connectivity index (χ1n) is 5.83. The highest BCUT2D eigenvalue weighted by Crippen LogP contribution is 2.37. The van der Waals surface area contributed by atoms with Gasteiger partial charge in [0, 0.05) is 5.41 Å². The van der Waals surface area contributed by atoms with Gasteiger partial charge in [0.1, 0.15) is 5.75 Å². The Labute approximate surface area is 107 Å². The first-order valence-corrected chi connectivity index (χ1v) is 5.83. The van der Waals surface area contributed by atoms with Crippen molar-refractivity contribution in [3.05, 3.63) is 30.0 Å². The molecule has 4 nitrogen and oxygen atoms in total. The van der Waals surface area contributed by atoms with Crippen molar-refractivity contribution in [3.63, 3.8) is 0 Å². The van der Waals surface area contributed by atoms with Crippen LogP contribution in [0.5, 0.6) is 5.75 Å². The fraction of sp³-hybridized carbons (Fsp3) is 0.357. The van der Waals surface area contributed by atoms with Crippen LogP contribution >= 0.6 is 0 Å². The van der Waals surface area contributed by atoms with Gasteiger partial charge in [-0.25, -0.2) is 0 Å². The number of aromatic nitrogens is 1. The molecule has 0 bridgehead atoms. The summed E-state index contributed by atoms with van der Waals surface area (Å²) in [6.07, 6.45) is 0. The fourth-order valence-electron chi connectivity index (χ4n) is 1.85. The van der Waals surface area contributed by atoms with Crippen molar-refractivity contribution in [3.8, 4) is 16.9 Å². The van der Waals surface area contributed by atoms with E-state index in [2.05, 4.69) is 25.9 Å². The molecule has 1 heterocycles. The summed E-state index contributed by atoms with van der Waals surface area (Å²) in [6.45, 7) is 6.21. The molecule has 0 radical (unpaired) electrons. The van der Waals surface area contributed by atoms with Crippen LogP contribution < -0.4 is 10.5 Å². The average Bonchev–Trinajstić information content (AvgIpc) is 2.71. The summed E-state index contributed by atoms with van der Waals surface area (Å²) in [5, 5.41) is 3.87. The van der Waals surface area contributed by atoms with Crippen LogP contribution in [0.3, 0.4) is 0 Å². The van der Waals surface area contributed by atoms with E-state index in [1.807, 2.05) is 24.3 Å². The van der Waals surface area contributed by atoms with Gasteiger partial charge in [-0.05, 0) is 17.7 Å². The van der Waals surface area contributed by atoms with Gasteiger partial charge in [-0.2, -0.15) is 0 Å². The molecule has 2 aromatic rings. The van der Waals surface area contributed by atoms with Crippen molar-refractivity contribution in [1.82, 2.24) is 5.16 Å². The molecule has 0 aliphatic heterocycles. The molecule has 2 rings (SSSR count). The highest BCUT2D eigenvalue weighted by molar-refractivity contribution is 5.76. The number of hydrogen-bond acceptors (Lipinski definition) is 4. The van der Waals surface area contributed by atoms with Crippen molar-refractivity contribution in [1.29, 1.82) is 0 Å². The summed E-state index contributed by atoms with van der Waals surface area (Å²) < 4.78 is 10.5. The van der Waals surface area contributed by atoms with E-state index in [0.29, 0.717) is 5.82 Å². The summed E-state index contributed by atoms with van der Waals surface area (Å²) in [4.78, 5) is 0. The highest BCUT2D eigenvalue weighted by atomic mass is 16.5. The molecule has 0 saturated heterocycles. The Morgan fingerprint density at radius 1 is 1.17 bits per heavy atom. The summed E-state index contributed by atoms with van der Waals surface area (Å²) in [6, 6.07) is 7.70. The molecule has 1 aromatic heterocycles. The maximum absolute atomic E-state index is 5.90. The lowest BCUT2D eigenvalue weighted by Crippen LogP contribution is -2.11. The lowest BCUT2D eigenvalue weighted by Gasteiger charge is -2.16. The Hall–Kier alpha value is -1.97. The van der Waals surface area contributed by atoms with Crippen LogP contribution in [0.15, 0.2) is 28.8 Å². The first-order chi connectivity index (χ1) is 8.43. The van der Waals surface area contributed by atoms with Gasteiger partial charge in [0.05, 0.1) is 12.7 Å². The van der Waals surface area contributed by atoms with E-state index >= 15 is 0 Å². The molecule has 0 aliphatic carbocycles. The van der Waals surface area contributed by atoms with Gasteiger partial charge in [-0.15, -0.1) is 0 Å². The molecular formula is C14H18N2O2. The van der Waals surface area contributed by atoms with Gasteiger partial charge in [0.25, 0.3) is 0 Å². The quantitative estimate of drug-likeness (QED) is 0.883. The minimum absolute atomic E-state index is 0.139. The molecule has 96 valence electrons. The molecule has 0 aliphatic rings. The molecule has 0 saturated carbocycles. The third-order valence-corrected chi connectivity index (χ3v) is 2.78. The second-order valence-electron chi connectivity index (χ2n) is 5.25. The number of benzene rings is 1. The molecule has 0 fully saturated rings. The molecular weight excluding hydrogens is 228 g/mol. The van der Waals surface area contributed by atoms with E-state index in [4.69, 9.17) is 15.0 Å². The number of nitrogens with two attached hydrogens (primary N) is 1. The lowest BCUT2D eigenvalue weighted by molar-refractivity contribution is 0.332. The number of nitrogen functional groups attached to an aromatic ring is 1. The Kier molecular flexibility index (Phi) is 3.03. The third kappa shape index (κ3) is 2.18. The Bertz CT molecular complexity index is 536. The number of nitrogens with zero attached hydrogens (tertiary/aromatic N) is 1. The molecule has 0 amide bonds. The zero-order valence-corrected chi connectivity index (χ0v) is 11.2. The Morgan fingerprint density at radius 3 is 2.28 bits per heavy atom. The first kappa shape index (κ1) is 12.5. The van der Waals surface area contributed by atoms with Crippen LogP contribution in [-0.4, -0.2) is 12.3 Å². The number of hydrogen-bond donors (Lipinski definition) is 1. The smallest absolute Gasteiger partial charge is 0.175 e. The molecule has 18 heavy (non-hydrogen) atoms. The van der Waals surface area contributed by atoms with Gasteiger partial charge in [0.2, 0.25) is 0 Å². The predicted octanol–water partition coefficient (Wildman–Crippen LogP) is 3.23. The third-order valence-electron chi connectivity index (χ3n) is 2.78. The lowest BCUT2D eigenvalue weighted by atomic mass is 9.88. The number of anilines is 1. The molecule has 4 heteroatoms. The predicted molar refractivity (Wildman–Crippen MR) is 71.6 cm³/mol. The maximum atomic E-state index is 5.90. The van der Waals surface area contributed by atoms with Crippen LogP contribution in [0.4, 0.5) is 5.82 Å². The Morgan fingerprint density at radius 2 is 1.78 bits per heavy atom. The molecule has 1 aromatic carbocycles. The van der Waals surface area contributed by atoms with E-state index in [1.54, 1.807) is 7.11 Å². The van der Waals surface area contributed by atoms with E-state index in [1.165, 1.54) is 0 Å². The van der Waals surface area contributed by atoms with E-state index in [0.717, 1.165) is 22.6 Å². The standard InChI is InChI=1S/C14H18N2O2/c1-14(2,3)12-11(13(15)16-18-12)9-5-7-10(17-4)8-6-9/h5-8H,1-4H3,(H2,15,16). The summed E-state index contributed by atoms with van der Waals surface area (Å²) in [7, 11) is 1.64. The zero-order valence-electron chi connectivity index (χ0n) is 11.2. The van der Waals surface area contributed by atoms with Crippen molar-refractivity contribution >= 4 is 5.82 Å². The number of methoxy groups -OCH3 is 1.